The Bertz CT molecular complexity index is 1260. The maximum Gasteiger partial charge on any atom is 0.277 e. The first-order valence-electron chi connectivity index (χ1n) is 10.6. The summed E-state index contributed by atoms with van der Waals surface area (Å²) in [6, 6.07) is 18.5. The SMILES string of the molecule is Cc1ccc(-n2nc(C)c(C(=O)N(CC(=O)Nc3ccccc3)Cc3ccco3)n2)c(C)c1. The van der Waals surface area contributed by atoms with Crippen LogP contribution in [0.25, 0.3) is 5.69 Å². The Morgan fingerprint density at radius 1 is 1.00 bits per heavy atom. The zero-order valence-corrected chi connectivity index (χ0v) is 18.8. The van der Waals surface area contributed by atoms with E-state index in [1.807, 2.05) is 50.2 Å². The standard InChI is InChI=1S/C25H25N5O3/c1-17-11-12-22(18(2)14-17)30-27-19(3)24(28-30)25(32)29(15-21-10-7-13-33-21)16-23(31)26-20-8-5-4-6-9-20/h4-14H,15-16H2,1-3H3,(H,26,31). The molecule has 0 fully saturated rings. The Morgan fingerprint density at radius 3 is 2.48 bits per heavy atom. The molecule has 2 aromatic carbocycles. The molecule has 0 saturated carbocycles. The van der Waals surface area contributed by atoms with E-state index in [1.165, 1.54) is 16.0 Å². The molecule has 1 N–H and O–H groups in total. The van der Waals surface area contributed by atoms with Crippen molar-refractivity contribution in [1.29, 1.82) is 0 Å². The molecule has 2 aromatic heterocycles. The number of hydrogen-bond acceptors (Lipinski definition) is 5. The van der Waals surface area contributed by atoms with Crippen LogP contribution in [0.1, 0.15) is 33.1 Å². The third kappa shape index (κ3) is 5.17. The zero-order chi connectivity index (χ0) is 23.4. The van der Waals surface area contributed by atoms with Crippen molar-refractivity contribution in [3.63, 3.8) is 0 Å². The summed E-state index contributed by atoms with van der Waals surface area (Å²) in [6.45, 7) is 5.68. The van der Waals surface area contributed by atoms with Crippen LogP contribution >= 0.6 is 0 Å². The van der Waals surface area contributed by atoms with Gasteiger partial charge in [0.1, 0.15) is 12.3 Å². The van der Waals surface area contributed by atoms with E-state index in [4.69, 9.17) is 4.42 Å². The van der Waals surface area contributed by atoms with Gasteiger partial charge in [0, 0.05) is 5.69 Å². The van der Waals surface area contributed by atoms with Gasteiger partial charge >= 0.3 is 0 Å². The van der Waals surface area contributed by atoms with Gasteiger partial charge in [0.15, 0.2) is 5.69 Å². The van der Waals surface area contributed by atoms with Crippen molar-refractivity contribution in [3.8, 4) is 5.69 Å². The molecule has 8 nitrogen and oxygen atoms in total. The van der Waals surface area contributed by atoms with Gasteiger partial charge in [-0.25, -0.2) is 0 Å². The lowest BCUT2D eigenvalue weighted by molar-refractivity contribution is -0.117. The van der Waals surface area contributed by atoms with E-state index in [0.717, 1.165) is 16.8 Å². The minimum absolute atomic E-state index is 0.129. The summed E-state index contributed by atoms with van der Waals surface area (Å²) in [5, 5.41) is 11.7. The van der Waals surface area contributed by atoms with Crippen LogP contribution in [-0.4, -0.2) is 38.3 Å². The van der Waals surface area contributed by atoms with Crippen LogP contribution in [0, 0.1) is 20.8 Å². The molecule has 4 rings (SSSR count). The summed E-state index contributed by atoms with van der Waals surface area (Å²) >= 11 is 0. The average Bonchev–Trinajstić information content (AvgIpc) is 3.43. The number of para-hydroxylation sites is 1. The van der Waals surface area contributed by atoms with E-state index >= 15 is 0 Å². The third-order valence-corrected chi connectivity index (χ3v) is 5.16. The first-order valence-corrected chi connectivity index (χ1v) is 10.6. The van der Waals surface area contributed by atoms with E-state index in [2.05, 4.69) is 15.5 Å². The second-order valence-corrected chi connectivity index (χ2v) is 7.87. The number of rotatable bonds is 7. The molecule has 8 heteroatoms. The maximum absolute atomic E-state index is 13.5. The molecular weight excluding hydrogens is 418 g/mol. The van der Waals surface area contributed by atoms with E-state index in [-0.39, 0.29) is 24.7 Å². The van der Waals surface area contributed by atoms with Gasteiger partial charge in [0.05, 0.1) is 24.2 Å². The Labute approximate surface area is 191 Å². The van der Waals surface area contributed by atoms with Crippen molar-refractivity contribution in [3.05, 3.63) is 95.2 Å². The van der Waals surface area contributed by atoms with Gasteiger partial charge in [-0.2, -0.15) is 9.90 Å². The normalized spacial score (nSPS) is 10.8. The summed E-state index contributed by atoms with van der Waals surface area (Å²) < 4.78 is 5.41. The molecule has 2 heterocycles. The van der Waals surface area contributed by atoms with Gasteiger partial charge in [-0.3, -0.25) is 9.59 Å². The fourth-order valence-corrected chi connectivity index (χ4v) is 3.55. The zero-order valence-electron chi connectivity index (χ0n) is 18.8. The third-order valence-electron chi connectivity index (χ3n) is 5.16. The molecule has 33 heavy (non-hydrogen) atoms. The van der Waals surface area contributed by atoms with Crippen molar-refractivity contribution in [2.75, 3.05) is 11.9 Å². The Morgan fingerprint density at radius 2 is 1.79 bits per heavy atom. The molecule has 0 spiro atoms. The van der Waals surface area contributed by atoms with E-state index in [9.17, 15) is 9.59 Å². The maximum atomic E-state index is 13.5. The molecule has 0 aliphatic heterocycles. The molecule has 0 bridgehead atoms. The van der Waals surface area contributed by atoms with Crippen molar-refractivity contribution >= 4 is 17.5 Å². The molecular formula is C25H25N5O3. The van der Waals surface area contributed by atoms with Gasteiger partial charge < -0.3 is 14.6 Å². The number of nitrogens with zero attached hydrogens (tertiary/aromatic N) is 4. The molecule has 0 saturated heterocycles. The van der Waals surface area contributed by atoms with Gasteiger partial charge in [0.25, 0.3) is 5.91 Å². The highest BCUT2D eigenvalue weighted by molar-refractivity contribution is 5.98. The number of anilines is 1. The monoisotopic (exact) mass is 443 g/mol. The molecule has 0 atom stereocenters. The highest BCUT2D eigenvalue weighted by Gasteiger charge is 2.25. The summed E-state index contributed by atoms with van der Waals surface area (Å²) in [4.78, 5) is 29.0. The summed E-state index contributed by atoms with van der Waals surface area (Å²) in [7, 11) is 0. The number of amides is 2. The van der Waals surface area contributed by atoms with Crippen LogP contribution in [0.4, 0.5) is 5.69 Å². The van der Waals surface area contributed by atoms with Gasteiger partial charge in [-0.15, -0.1) is 5.10 Å². The van der Waals surface area contributed by atoms with Crippen molar-refractivity contribution in [2.24, 2.45) is 0 Å². The Kier molecular flexibility index (Phi) is 6.35. The van der Waals surface area contributed by atoms with E-state index in [1.54, 1.807) is 31.2 Å². The smallest absolute Gasteiger partial charge is 0.277 e. The summed E-state index contributed by atoms with van der Waals surface area (Å²) in [5.74, 6) is -0.154. The lowest BCUT2D eigenvalue weighted by Crippen LogP contribution is -2.38. The first-order chi connectivity index (χ1) is 15.9. The lowest BCUT2D eigenvalue weighted by atomic mass is 10.1. The van der Waals surface area contributed by atoms with Crippen LogP contribution in [0.2, 0.25) is 0 Å². The number of furan rings is 1. The predicted octanol–water partition coefficient (Wildman–Crippen LogP) is 4.07. The van der Waals surface area contributed by atoms with Crippen LogP contribution in [0.5, 0.6) is 0 Å². The molecule has 0 radical (unpaired) electrons. The Balaban J connectivity index is 1.59. The second kappa shape index (κ2) is 9.52. The molecule has 0 aliphatic rings. The minimum atomic E-state index is -0.400. The van der Waals surface area contributed by atoms with Crippen LogP contribution in [-0.2, 0) is 11.3 Å². The second-order valence-electron chi connectivity index (χ2n) is 7.87. The quantitative estimate of drug-likeness (QED) is 0.465. The van der Waals surface area contributed by atoms with Crippen molar-refractivity contribution in [2.45, 2.75) is 27.3 Å². The Hall–Kier alpha value is -4.20. The van der Waals surface area contributed by atoms with Crippen LogP contribution in [0.15, 0.2) is 71.3 Å². The highest BCUT2D eigenvalue weighted by Crippen LogP contribution is 2.17. The largest absolute Gasteiger partial charge is 0.467 e. The summed E-state index contributed by atoms with van der Waals surface area (Å²) in [5.41, 5.74) is 4.25. The number of aryl methyl sites for hydroxylation is 3. The van der Waals surface area contributed by atoms with E-state index < -0.39 is 5.91 Å². The molecule has 2 amide bonds. The van der Waals surface area contributed by atoms with Gasteiger partial charge in [-0.05, 0) is 56.7 Å². The van der Waals surface area contributed by atoms with Crippen LogP contribution < -0.4 is 5.32 Å². The highest BCUT2D eigenvalue weighted by atomic mass is 16.3. The summed E-state index contributed by atoms with van der Waals surface area (Å²) in [6.07, 6.45) is 1.53. The minimum Gasteiger partial charge on any atom is -0.467 e. The lowest BCUT2D eigenvalue weighted by Gasteiger charge is -2.20. The van der Waals surface area contributed by atoms with E-state index in [0.29, 0.717) is 17.1 Å². The topological polar surface area (TPSA) is 93.3 Å². The molecule has 168 valence electrons. The van der Waals surface area contributed by atoms with Crippen molar-refractivity contribution in [1.82, 2.24) is 19.9 Å². The average molecular weight is 444 g/mol. The number of nitrogens with one attached hydrogen (secondary N) is 1. The molecule has 4 aromatic rings. The number of carbonyl (C=O) groups excluding carboxylic acids is 2. The van der Waals surface area contributed by atoms with Crippen LogP contribution in [0.3, 0.4) is 0 Å². The first kappa shape index (κ1) is 22.0. The number of benzene rings is 2. The number of carbonyl (C=O) groups is 2. The fourth-order valence-electron chi connectivity index (χ4n) is 3.55. The predicted molar refractivity (Wildman–Crippen MR) is 124 cm³/mol. The van der Waals surface area contributed by atoms with Gasteiger partial charge in [0.2, 0.25) is 5.91 Å². The molecule has 0 unspecified atom stereocenters. The molecule has 0 aliphatic carbocycles. The van der Waals surface area contributed by atoms with Gasteiger partial charge in [-0.1, -0.05) is 35.9 Å². The van der Waals surface area contributed by atoms with Crippen molar-refractivity contribution < 1.29 is 14.0 Å². The fraction of sp³-hybridized carbons (Fsp3) is 0.200. The number of hydrogen-bond donors (Lipinski definition) is 1. The number of aromatic nitrogens is 3.